The Kier molecular flexibility index (Phi) is 5.74. The van der Waals surface area contributed by atoms with Gasteiger partial charge >= 0.3 is 6.18 Å². The summed E-state index contributed by atoms with van der Waals surface area (Å²) in [6.07, 6.45) is -5.79. The van der Waals surface area contributed by atoms with Crippen LogP contribution in [0.25, 0.3) is 0 Å². The molecule has 0 saturated heterocycles. The van der Waals surface area contributed by atoms with Crippen LogP contribution in [-0.2, 0) is 0 Å². The number of Topliss-reactive ketones (excluding diaryl/α,β-unsaturated/α-hetero) is 1. The Bertz CT molecular complexity index is 756. The summed E-state index contributed by atoms with van der Waals surface area (Å²) in [6, 6.07) is 8.52. The fourth-order valence-electron chi connectivity index (χ4n) is 1.66. The molecule has 0 spiro atoms. The lowest BCUT2D eigenvalue weighted by molar-refractivity contribution is -0.0605. The number of benzene rings is 1. The fourth-order valence-corrected chi connectivity index (χ4v) is 2.45. The van der Waals surface area contributed by atoms with E-state index in [-0.39, 0.29) is 10.4 Å². The number of hydrogen-bond acceptors (Lipinski definition) is 4. The molecule has 1 aromatic carbocycles. The molecule has 0 aliphatic rings. The Morgan fingerprint density at radius 1 is 1.17 bits per heavy atom. The molecule has 0 unspecified atom stereocenters. The van der Waals surface area contributed by atoms with Crippen molar-refractivity contribution in [2.45, 2.75) is 12.6 Å². The number of amides is 1. The first kappa shape index (κ1) is 18.2. The van der Waals surface area contributed by atoms with Gasteiger partial charge in [-0.05, 0) is 35.7 Å². The third-order valence-corrected chi connectivity index (χ3v) is 4.01. The highest BCUT2D eigenvalue weighted by Crippen LogP contribution is 2.22. The molecule has 1 aromatic heterocycles. The van der Waals surface area contributed by atoms with Gasteiger partial charge in [-0.1, -0.05) is 17.7 Å². The predicted octanol–water partition coefficient (Wildman–Crippen LogP) is 4.32. The molecule has 1 heterocycles. The van der Waals surface area contributed by atoms with Gasteiger partial charge in [-0.3, -0.25) is 9.59 Å². The van der Waals surface area contributed by atoms with E-state index in [2.05, 4.69) is 5.10 Å². The number of carbonyl (C=O) groups excluding carboxylic acids is 2. The molecule has 0 fully saturated rings. The maximum absolute atomic E-state index is 13.0. The Balaban J connectivity index is 2.12. The van der Waals surface area contributed by atoms with Crippen LogP contribution in [0.2, 0.25) is 5.02 Å². The number of nitrogens with zero attached hydrogens (tertiary/aromatic N) is 1. The van der Waals surface area contributed by atoms with E-state index in [1.807, 2.05) is 5.43 Å². The van der Waals surface area contributed by atoms with E-state index in [1.165, 1.54) is 30.3 Å². The summed E-state index contributed by atoms with van der Waals surface area (Å²) in [5.41, 5.74) is 0.533. The lowest BCUT2D eigenvalue weighted by atomic mass is 10.1. The van der Waals surface area contributed by atoms with Crippen LogP contribution in [-0.4, -0.2) is 23.6 Å². The van der Waals surface area contributed by atoms with Gasteiger partial charge in [0.1, 0.15) is 5.71 Å². The molecule has 0 radical (unpaired) electrons. The summed E-state index contributed by atoms with van der Waals surface area (Å²) in [6.45, 7) is 0. The normalized spacial score (nSPS) is 12.1. The maximum Gasteiger partial charge on any atom is 0.431 e. The second kappa shape index (κ2) is 7.59. The molecule has 0 aliphatic heterocycles. The van der Waals surface area contributed by atoms with Gasteiger partial charge in [0.05, 0.1) is 11.3 Å². The number of carbonyl (C=O) groups is 2. The lowest BCUT2D eigenvalue weighted by Crippen LogP contribution is -2.30. The predicted molar refractivity (Wildman–Crippen MR) is 85.7 cm³/mol. The molecule has 2 aromatic rings. The third-order valence-electron chi connectivity index (χ3n) is 2.85. The number of hydrazone groups is 1. The summed E-state index contributed by atoms with van der Waals surface area (Å²) in [5, 5.41) is 5.05. The van der Waals surface area contributed by atoms with Crippen molar-refractivity contribution in [1.82, 2.24) is 5.43 Å². The van der Waals surface area contributed by atoms with Crippen LogP contribution < -0.4 is 5.43 Å². The molecule has 0 atom stereocenters. The van der Waals surface area contributed by atoms with Crippen molar-refractivity contribution in [3.63, 3.8) is 0 Å². The summed E-state index contributed by atoms with van der Waals surface area (Å²) >= 11 is 6.70. The van der Waals surface area contributed by atoms with Crippen molar-refractivity contribution in [2.24, 2.45) is 5.10 Å². The molecule has 1 N–H and O–H groups in total. The van der Waals surface area contributed by atoms with Gasteiger partial charge in [0, 0.05) is 10.6 Å². The van der Waals surface area contributed by atoms with Crippen LogP contribution in [0.4, 0.5) is 13.2 Å². The van der Waals surface area contributed by atoms with E-state index in [0.717, 1.165) is 11.3 Å². The Morgan fingerprint density at radius 3 is 2.38 bits per heavy atom. The molecule has 0 bridgehead atoms. The first-order valence-electron chi connectivity index (χ1n) is 6.54. The van der Waals surface area contributed by atoms with Crippen molar-refractivity contribution < 1.29 is 22.8 Å². The Morgan fingerprint density at radius 2 is 1.83 bits per heavy atom. The van der Waals surface area contributed by atoms with Crippen LogP contribution in [0.3, 0.4) is 0 Å². The molecule has 9 heteroatoms. The second-order valence-corrected chi connectivity index (χ2v) is 5.97. The summed E-state index contributed by atoms with van der Waals surface area (Å²) in [7, 11) is 0. The minimum atomic E-state index is -4.83. The number of thiophene rings is 1. The van der Waals surface area contributed by atoms with Gasteiger partial charge in [0.2, 0.25) is 0 Å². The summed E-state index contributed by atoms with van der Waals surface area (Å²) < 4.78 is 38.9. The van der Waals surface area contributed by atoms with E-state index >= 15 is 0 Å². The minimum absolute atomic E-state index is 0.0919. The highest BCUT2D eigenvalue weighted by molar-refractivity contribution is 7.12. The number of halogens is 4. The zero-order valence-corrected chi connectivity index (χ0v) is 13.5. The number of alkyl halides is 3. The van der Waals surface area contributed by atoms with E-state index in [4.69, 9.17) is 11.6 Å². The summed E-state index contributed by atoms with van der Waals surface area (Å²) in [4.78, 5) is 23.8. The molecule has 2 rings (SSSR count). The van der Waals surface area contributed by atoms with Gasteiger partial charge in [-0.15, -0.1) is 11.3 Å². The summed E-state index contributed by atoms with van der Waals surface area (Å²) in [5.74, 6) is -1.56. The van der Waals surface area contributed by atoms with Crippen molar-refractivity contribution in [3.05, 3.63) is 57.2 Å². The molecule has 4 nitrogen and oxygen atoms in total. The monoisotopic (exact) mass is 374 g/mol. The average molecular weight is 375 g/mol. The van der Waals surface area contributed by atoms with Gasteiger partial charge in [0.15, 0.2) is 5.78 Å². The molecule has 126 valence electrons. The largest absolute Gasteiger partial charge is 0.431 e. The first-order chi connectivity index (χ1) is 11.3. The van der Waals surface area contributed by atoms with Gasteiger partial charge in [-0.2, -0.15) is 18.3 Å². The zero-order chi connectivity index (χ0) is 17.7. The molecular weight excluding hydrogens is 365 g/mol. The van der Waals surface area contributed by atoms with Gasteiger partial charge < -0.3 is 0 Å². The first-order valence-corrected chi connectivity index (χ1v) is 7.79. The van der Waals surface area contributed by atoms with E-state index < -0.39 is 30.0 Å². The van der Waals surface area contributed by atoms with Crippen LogP contribution in [0, 0.1) is 0 Å². The molecule has 0 saturated carbocycles. The van der Waals surface area contributed by atoms with Crippen LogP contribution >= 0.6 is 22.9 Å². The SMILES string of the molecule is O=C(N/N=C(\CC(=O)c1cccs1)C(F)(F)F)c1ccc(Cl)cc1. The second-order valence-electron chi connectivity index (χ2n) is 4.58. The Hall–Kier alpha value is -2.19. The van der Waals surface area contributed by atoms with E-state index in [9.17, 15) is 22.8 Å². The van der Waals surface area contributed by atoms with Crippen LogP contribution in [0.5, 0.6) is 0 Å². The van der Waals surface area contributed by atoms with Crippen LogP contribution in [0.1, 0.15) is 26.5 Å². The molecule has 0 aliphatic carbocycles. The standard InChI is InChI=1S/C15H10ClF3N2O2S/c16-10-5-3-9(4-6-10)14(23)21-20-13(15(17,18)19)8-11(22)12-2-1-7-24-12/h1-7H,8H2,(H,21,23)/b20-13+. The fraction of sp³-hybridized carbons (Fsp3) is 0.133. The van der Waals surface area contributed by atoms with Gasteiger partial charge in [-0.25, -0.2) is 5.43 Å². The maximum atomic E-state index is 13.0. The smallest absolute Gasteiger partial charge is 0.293 e. The zero-order valence-electron chi connectivity index (χ0n) is 11.9. The minimum Gasteiger partial charge on any atom is -0.293 e. The molecule has 1 amide bonds. The quantitative estimate of drug-likeness (QED) is 0.481. The molecular formula is C15H10ClF3N2O2S. The Labute approximate surface area is 143 Å². The van der Waals surface area contributed by atoms with Crippen molar-refractivity contribution in [2.75, 3.05) is 0 Å². The van der Waals surface area contributed by atoms with Crippen molar-refractivity contribution >= 4 is 40.3 Å². The highest BCUT2D eigenvalue weighted by atomic mass is 35.5. The average Bonchev–Trinajstić information content (AvgIpc) is 3.05. The number of hydrogen-bond donors (Lipinski definition) is 1. The van der Waals surface area contributed by atoms with E-state index in [0.29, 0.717) is 5.02 Å². The topological polar surface area (TPSA) is 58.5 Å². The third kappa shape index (κ3) is 4.90. The lowest BCUT2D eigenvalue weighted by Gasteiger charge is -2.10. The number of ketones is 1. The highest BCUT2D eigenvalue weighted by Gasteiger charge is 2.37. The molecule has 24 heavy (non-hydrogen) atoms. The van der Waals surface area contributed by atoms with Crippen molar-refractivity contribution in [1.29, 1.82) is 0 Å². The number of nitrogens with one attached hydrogen (secondary N) is 1. The number of rotatable bonds is 5. The van der Waals surface area contributed by atoms with Gasteiger partial charge in [0.25, 0.3) is 5.91 Å². The van der Waals surface area contributed by atoms with E-state index in [1.54, 1.807) is 11.4 Å². The van der Waals surface area contributed by atoms with Crippen molar-refractivity contribution in [3.8, 4) is 0 Å². The van der Waals surface area contributed by atoms with Crippen LogP contribution in [0.15, 0.2) is 46.9 Å².